The number of anilines is 1. The van der Waals surface area contributed by atoms with Crippen LogP contribution in [0, 0.1) is 0 Å². The van der Waals surface area contributed by atoms with Crippen LogP contribution in [0.5, 0.6) is 0 Å². The van der Waals surface area contributed by atoms with E-state index in [0.29, 0.717) is 17.7 Å². The summed E-state index contributed by atoms with van der Waals surface area (Å²) in [5.74, 6) is 0.161. The Labute approximate surface area is 177 Å². The standard InChI is InChI=1S/C21H16F7N3O/c22-19(20(23,24)25,21(26,27)28)15-8-4-7-14(9-15)16-10-18(31-12-30-16)29-11-17(32)13-5-2-1-3-6-13/h1-10,12,17,32H,11H2,(H,29,30,31)/t17-/m0/s1. The van der Waals surface area contributed by atoms with Crippen LogP contribution in [-0.2, 0) is 5.67 Å². The minimum Gasteiger partial charge on any atom is -0.387 e. The van der Waals surface area contributed by atoms with Crippen LogP contribution in [0.3, 0.4) is 0 Å². The monoisotopic (exact) mass is 459 g/mol. The first-order valence-electron chi connectivity index (χ1n) is 9.15. The second-order valence-electron chi connectivity index (χ2n) is 6.83. The molecule has 0 radical (unpaired) electrons. The predicted molar refractivity (Wildman–Crippen MR) is 102 cm³/mol. The SMILES string of the molecule is O[C@@H](CNc1cc(-c2cccc(C(F)(C(F)(F)F)C(F)(F)F)c2)ncn1)c1ccccc1. The van der Waals surface area contributed by atoms with Gasteiger partial charge in [0.2, 0.25) is 0 Å². The molecule has 0 amide bonds. The lowest BCUT2D eigenvalue weighted by Crippen LogP contribution is -2.50. The molecule has 3 rings (SSSR count). The zero-order valence-electron chi connectivity index (χ0n) is 16.1. The average molecular weight is 459 g/mol. The van der Waals surface area contributed by atoms with Gasteiger partial charge in [-0.15, -0.1) is 0 Å². The lowest BCUT2D eigenvalue weighted by atomic mass is 9.92. The molecule has 0 saturated heterocycles. The van der Waals surface area contributed by atoms with Crippen molar-refractivity contribution in [2.75, 3.05) is 11.9 Å². The minimum atomic E-state index is -6.21. The number of nitrogens with one attached hydrogen (secondary N) is 1. The Bertz CT molecular complexity index is 1040. The Morgan fingerprint density at radius 1 is 0.812 bits per heavy atom. The summed E-state index contributed by atoms with van der Waals surface area (Å²) in [6, 6.07) is 12.9. The number of aliphatic hydroxyl groups is 1. The van der Waals surface area contributed by atoms with Crippen LogP contribution in [0.15, 0.2) is 67.0 Å². The highest BCUT2D eigenvalue weighted by Crippen LogP contribution is 2.53. The molecule has 4 nitrogen and oxygen atoms in total. The number of rotatable bonds is 6. The van der Waals surface area contributed by atoms with Crippen molar-refractivity contribution in [2.24, 2.45) is 0 Å². The first-order chi connectivity index (χ1) is 14.9. The highest BCUT2D eigenvalue weighted by molar-refractivity contribution is 5.63. The summed E-state index contributed by atoms with van der Waals surface area (Å²) in [5, 5.41) is 13.0. The van der Waals surface area contributed by atoms with Crippen molar-refractivity contribution in [3.63, 3.8) is 0 Å². The minimum absolute atomic E-state index is 0.0241. The molecular weight excluding hydrogens is 443 g/mol. The van der Waals surface area contributed by atoms with Crippen LogP contribution >= 0.6 is 0 Å². The molecule has 0 saturated carbocycles. The summed E-state index contributed by atoms with van der Waals surface area (Å²) in [6.45, 7) is 0.0241. The molecule has 0 spiro atoms. The van der Waals surface area contributed by atoms with E-state index in [4.69, 9.17) is 0 Å². The van der Waals surface area contributed by atoms with Crippen molar-refractivity contribution in [1.82, 2.24) is 9.97 Å². The first-order valence-corrected chi connectivity index (χ1v) is 9.15. The lowest BCUT2D eigenvalue weighted by molar-refractivity contribution is -0.348. The van der Waals surface area contributed by atoms with Crippen molar-refractivity contribution in [1.29, 1.82) is 0 Å². The molecular formula is C21H16F7N3O. The maximum absolute atomic E-state index is 14.4. The van der Waals surface area contributed by atoms with Gasteiger partial charge in [0.25, 0.3) is 0 Å². The molecule has 32 heavy (non-hydrogen) atoms. The molecule has 0 unspecified atom stereocenters. The van der Waals surface area contributed by atoms with Crippen LogP contribution < -0.4 is 5.32 Å². The third-order valence-electron chi connectivity index (χ3n) is 4.67. The van der Waals surface area contributed by atoms with Crippen molar-refractivity contribution < 1.29 is 35.8 Å². The number of alkyl halides is 7. The van der Waals surface area contributed by atoms with Gasteiger partial charge in [0.1, 0.15) is 12.1 Å². The Morgan fingerprint density at radius 2 is 1.47 bits per heavy atom. The molecule has 1 aromatic heterocycles. The summed E-state index contributed by atoms with van der Waals surface area (Å²) in [4.78, 5) is 7.76. The van der Waals surface area contributed by atoms with E-state index in [9.17, 15) is 35.8 Å². The van der Waals surface area contributed by atoms with Crippen LogP contribution in [-0.4, -0.2) is 34.0 Å². The van der Waals surface area contributed by atoms with E-state index in [2.05, 4.69) is 15.3 Å². The molecule has 0 bridgehead atoms. The topological polar surface area (TPSA) is 58.0 Å². The third kappa shape index (κ3) is 4.67. The number of hydrogen-bond acceptors (Lipinski definition) is 4. The molecule has 3 aromatic rings. The van der Waals surface area contributed by atoms with Crippen LogP contribution in [0.4, 0.5) is 36.6 Å². The molecule has 2 N–H and O–H groups in total. The number of hydrogen-bond donors (Lipinski definition) is 2. The second kappa shape index (κ2) is 8.73. The van der Waals surface area contributed by atoms with Crippen molar-refractivity contribution in [2.45, 2.75) is 24.1 Å². The molecule has 0 fully saturated rings. The Kier molecular flexibility index (Phi) is 6.40. The van der Waals surface area contributed by atoms with Gasteiger partial charge in [-0.3, -0.25) is 0 Å². The highest BCUT2D eigenvalue weighted by Gasteiger charge is 2.73. The predicted octanol–water partition coefficient (Wildman–Crippen LogP) is 5.58. The van der Waals surface area contributed by atoms with Gasteiger partial charge in [-0.25, -0.2) is 14.4 Å². The van der Waals surface area contributed by atoms with Gasteiger partial charge in [-0.1, -0.05) is 48.5 Å². The Morgan fingerprint density at radius 3 is 2.09 bits per heavy atom. The summed E-state index contributed by atoms with van der Waals surface area (Å²) in [6.07, 6.45) is -12.3. The smallest absolute Gasteiger partial charge is 0.387 e. The van der Waals surface area contributed by atoms with Gasteiger partial charge >= 0.3 is 18.0 Å². The van der Waals surface area contributed by atoms with Crippen LogP contribution in [0.2, 0.25) is 0 Å². The van der Waals surface area contributed by atoms with Gasteiger partial charge in [0.15, 0.2) is 0 Å². The zero-order valence-corrected chi connectivity index (χ0v) is 16.1. The fourth-order valence-corrected chi connectivity index (χ4v) is 2.99. The maximum Gasteiger partial charge on any atom is 0.435 e. The van der Waals surface area contributed by atoms with Crippen molar-refractivity contribution in [3.8, 4) is 11.3 Å². The average Bonchev–Trinajstić information content (AvgIpc) is 2.76. The number of nitrogens with zero attached hydrogens (tertiary/aromatic N) is 2. The normalized spacial score (nSPS) is 13.6. The summed E-state index contributed by atoms with van der Waals surface area (Å²) >= 11 is 0. The quantitative estimate of drug-likeness (QED) is 0.473. The molecule has 0 aliphatic heterocycles. The van der Waals surface area contributed by atoms with E-state index in [1.165, 1.54) is 12.1 Å². The Hall–Kier alpha value is -3.21. The van der Waals surface area contributed by atoms with Gasteiger partial charge in [0, 0.05) is 23.7 Å². The van der Waals surface area contributed by atoms with E-state index >= 15 is 0 Å². The summed E-state index contributed by atoms with van der Waals surface area (Å²) in [7, 11) is 0. The lowest BCUT2D eigenvalue weighted by Gasteiger charge is -2.30. The van der Waals surface area contributed by atoms with Gasteiger partial charge < -0.3 is 10.4 Å². The van der Waals surface area contributed by atoms with Crippen LogP contribution in [0.25, 0.3) is 11.3 Å². The Balaban J connectivity index is 1.87. The van der Waals surface area contributed by atoms with E-state index in [0.717, 1.165) is 12.4 Å². The zero-order chi connectivity index (χ0) is 23.6. The van der Waals surface area contributed by atoms with E-state index in [1.54, 1.807) is 30.3 Å². The fraction of sp³-hybridized carbons (Fsp3) is 0.238. The van der Waals surface area contributed by atoms with Gasteiger partial charge in [-0.2, -0.15) is 26.3 Å². The molecule has 170 valence electrons. The summed E-state index contributed by atoms with van der Waals surface area (Å²) in [5.41, 5.74) is -6.73. The maximum atomic E-state index is 14.4. The number of halogens is 7. The van der Waals surface area contributed by atoms with Crippen LogP contribution in [0.1, 0.15) is 17.2 Å². The second-order valence-corrected chi connectivity index (χ2v) is 6.83. The molecule has 0 aliphatic carbocycles. The van der Waals surface area contributed by atoms with Gasteiger partial charge in [0.05, 0.1) is 11.8 Å². The fourth-order valence-electron chi connectivity index (χ4n) is 2.99. The van der Waals surface area contributed by atoms with E-state index in [-0.39, 0.29) is 23.6 Å². The first kappa shape index (κ1) is 23.5. The number of benzene rings is 2. The largest absolute Gasteiger partial charge is 0.435 e. The van der Waals surface area contributed by atoms with Gasteiger partial charge in [-0.05, 0) is 11.6 Å². The van der Waals surface area contributed by atoms with E-state index in [1.807, 2.05) is 0 Å². The molecule has 2 aromatic carbocycles. The molecule has 0 aliphatic rings. The summed E-state index contributed by atoms with van der Waals surface area (Å²) < 4.78 is 92.6. The molecule has 11 heteroatoms. The highest BCUT2D eigenvalue weighted by atomic mass is 19.4. The molecule has 1 heterocycles. The number of aliphatic hydroxyl groups excluding tert-OH is 1. The van der Waals surface area contributed by atoms with Crippen molar-refractivity contribution >= 4 is 5.82 Å². The molecule has 1 atom stereocenters. The van der Waals surface area contributed by atoms with E-state index < -0.39 is 29.7 Å². The number of aromatic nitrogens is 2. The third-order valence-corrected chi connectivity index (χ3v) is 4.67. The van der Waals surface area contributed by atoms with Crippen molar-refractivity contribution in [3.05, 3.63) is 78.1 Å².